The third kappa shape index (κ3) is 8.30. The fourth-order valence-corrected chi connectivity index (χ4v) is 11.7. The summed E-state index contributed by atoms with van der Waals surface area (Å²) < 4.78 is 4.74. The number of phenolic OH excluding ortho intramolecular Hbond substituents is 1. The van der Waals surface area contributed by atoms with Crippen molar-refractivity contribution in [2.75, 3.05) is 66.7 Å². The van der Waals surface area contributed by atoms with Crippen LogP contribution >= 0.6 is 11.8 Å². The van der Waals surface area contributed by atoms with Gasteiger partial charge in [-0.3, -0.25) is 38.7 Å². The summed E-state index contributed by atoms with van der Waals surface area (Å²) in [4.78, 5) is 84.3. The molecule has 6 aliphatic rings. The summed E-state index contributed by atoms with van der Waals surface area (Å²) in [7, 11) is 3.10. The van der Waals surface area contributed by atoms with Crippen LogP contribution < -0.4 is 15.4 Å². The van der Waals surface area contributed by atoms with Crippen molar-refractivity contribution in [3.8, 4) is 11.5 Å². The SMILES string of the molecule is CC1(C)S[C@@H]2[C@H](NC(=O)COc3ccccc3)C(=O)N2[C@H]1C(=O)O.CN(C)[C@@H]1C(=O)/C(=C(/O)NCN2CCN(CCO)CC2)C(=O)[C@@]2(O)C(=O)C3=C(O)c4c(O)cccc4[C@@](C)(O)[C@H]3C[C@@H]12. The third-order valence-electron chi connectivity index (χ3n) is 13.4. The van der Waals surface area contributed by atoms with Crippen LogP contribution in [-0.2, 0) is 34.4 Å². The number of fused-ring (bicyclic) bond motifs is 4. The number of hydrogen-bond acceptors (Lipinski definition) is 18. The lowest BCUT2D eigenvalue weighted by atomic mass is 9.53. The number of aromatic hydroxyl groups is 1. The monoisotopic (exact) mass is 936 g/mol. The lowest BCUT2D eigenvalue weighted by Gasteiger charge is -2.53. The highest BCUT2D eigenvalue weighted by Crippen LogP contribution is 2.56. The van der Waals surface area contributed by atoms with E-state index in [1.165, 1.54) is 46.7 Å². The minimum atomic E-state index is -2.83. The maximum atomic E-state index is 14.1. The van der Waals surface area contributed by atoms with Gasteiger partial charge in [-0.2, -0.15) is 0 Å². The number of carboxylic acid groups (broad SMARTS) is 1. The lowest BCUT2D eigenvalue weighted by Crippen LogP contribution is -2.70. The predicted molar refractivity (Wildman–Crippen MR) is 237 cm³/mol. The molecule has 9 N–H and O–H groups in total. The number of thioether (sulfide) groups is 1. The Bertz CT molecular complexity index is 2370. The van der Waals surface area contributed by atoms with E-state index in [0.29, 0.717) is 38.5 Å². The van der Waals surface area contributed by atoms with Gasteiger partial charge in [0.15, 0.2) is 23.9 Å². The van der Waals surface area contributed by atoms with E-state index in [-0.39, 0.29) is 48.7 Å². The molecule has 0 spiro atoms. The Morgan fingerprint density at radius 2 is 1.56 bits per heavy atom. The van der Waals surface area contributed by atoms with Crippen molar-refractivity contribution in [3.63, 3.8) is 0 Å². The van der Waals surface area contributed by atoms with Crippen LogP contribution in [0, 0.1) is 11.8 Å². The van der Waals surface area contributed by atoms with Crippen molar-refractivity contribution in [2.24, 2.45) is 11.8 Å². The first kappa shape index (κ1) is 48.4. The van der Waals surface area contributed by atoms with E-state index < -0.39 is 104 Å². The van der Waals surface area contributed by atoms with Crippen LogP contribution in [-0.4, -0.2) is 191 Å². The number of ether oxygens (including phenoxy) is 1. The molecule has 3 heterocycles. The molecule has 2 saturated carbocycles. The molecule has 21 heteroatoms. The van der Waals surface area contributed by atoms with Crippen LogP contribution in [0.15, 0.2) is 65.6 Å². The minimum absolute atomic E-state index is 0.0473. The molecule has 356 valence electrons. The normalized spacial score (nSPS) is 31.1. The van der Waals surface area contributed by atoms with Crippen LogP contribution in [0.3, 0.4) is 0 Å². The number of rotatable bonds is 11. The van der Waals surface area contributed by atoms with E-state index >= 15 is 0 Å². The zero-order chi connectivity index (χ0) is 48.2. The number of likely N-dealkylation sites (N-methyl/N-ethyl adjacent to an activating group) is 1. The van der Waals surface area contributed by atoms with E-state index in [0.717, 1.165) is 0 Å². The molecule has 3 aliphatic heterocycles. The highest BCUT2D eigenvalue weighted by atomic mass is 32.2. The van der Waals surface area contributed by atoms with E-state index in [1.807, 2.05) is 11.0 Å². The fourth-order valence-electron chi connectivity index (χ4n) is 10.1. The van der Waals surface area contributed by atoms with Crippen molar-refractivity contribution in [1.82, 2.24) is 30.2 Å². The second-order valence-corrected chi connectivity index (χ2v) is 20.0. The van der Waals surface area contributed by atoms with Gasteiger partial charge in [-0.1, -0.05) is 30.3 Å². The number of phenols is 1. The molecule has 0 bridgehead atoms. The predicted octanol–water partition coefficient (Wildman–Crippen LogP) is -0.476. The maximum Gasteiger partial charge on any atom is 0.327 e. The number of ketones is 3. The van der Waals surface area contributed by atoms with Crippen LogP contribution in [0.25, 0.3) is 5.76 Å². The number of β-amino-alcohol motifs (C(OH)–C–C–N with tert-alkyl or cyclic N) is 1. The van der Waals surface area contributed by atoms with Crippen molar-refractivity contribution >= 4 is 52.7 Å². The van der Waals surface area contributed by atoms with E-state index in [2.05, 4.69) is 15.5 Å². The maximum absolute atomic E-state index is 14.1. The van der Waals surface area contributed by atoms with Gasteiger partial charge in [0.05, 0.1) is 30.5 Å². The van der Waals surface area contributed by atoms with Crippen molar-refractivity contribution < 1.29 is 69.2 Å². The van der Waals surface area contributed by atoms with Gasteiger partial charge in [0.2, 0.25) is 17.5 Å². The summed E-state index contributed by atoms with van der Waals surface area (Å²) in [6, 6.07) is 10.4. The van der Waals surface area contributed by atoms with Gasteiger partial charge in [-0.05, 0) is 65.0 Å². The molecule has 0 unspecified atom stereocenters. The Morgan fingerprint density at radius 1 is 0.909 bits per heavy atom. The number of aliphatic hydroxyl groups excluding tert-OH is 3. The van der Waals surface area contributed by atoms with Crippen LogP contribution in [0.1, 0.15) is 38.3 Å². The molecule has 8 rings (SSSR count). The number of hydrogen-bond donors (Lipinski definition) is 9. The first-order chi connectivity index (χ1) is 31.1. The topological polar surface area (TPSA) is 290 Å². The number of piperazine rings is 1. The highest BCUT2D eigenvalue weighted by Gasteiger charge is 2.68. The molecular formula is C45H56N6O14S. The summed E-state index contributed by atoms with van der Waals surface area (Å²) in [5, 5.41) is 79.7. The lowest BCUT2D eigenvalue weighted by molar-refractivity contribution is -0.169. The van der Waals surface area contributed by atoms with Crippen LogP contribution in [0.2, 0.25) is 0 Å². The zero-order valence-corrected chi connectivity index (χ0v) is 37.9. The quantitative estimate of drug-likeness (QED) is 0.0452. The molecule has 3 saturated heterocycles. The van der Waals surface area contributed by atoms with Gasteiger partial charge < -0.3 is 56.0 Å². The number of aliphatic hydroxyl groups is 5. The van der Waals surface area contributed by atoms with Crippen LogP contribution in [0.4, 0.5) is 0 Å². The second-order valence-electron chi connectivity index (χ2n) is 18.2. The third-order valence-corrected chi connectivity index (χ3v) is 15.0. The smallest absolute Gasteiger partial charge is 0.327 e. The second kappa shape index (κ2) is 18.3. The molecule has 66 heavy (non-hydrogen) atoms. The molecule has 0 aromatic heterocycles. The average molecular weight is 937 g/mol. The number of carbonyl (C=O) groups excluding carboxylic acids is 5. The summed E-state index contributed by atoms with van der Waals surface area (Å²) in [6.07, 6.45) is -0.219. The summed E-state index contributed by atoms with van der Waals surface area (Å²) in [5.74, 6) is -8.72. The number of nitrogens with one attached hydrogen (secondary N) is 2. The molecular weight excluding hydrogens is 881 g/mol. The molecule has 5 fully saturated rings. The Labute approximate surface area is 384 Å². The molecule has 8 atom stereocenters. The Morgan fingerprint density at radius 3 is 2.18 bits per heavy atom. The Hall–Kier alpha value is -5.55. The number of carboxylic acids is 1. The average Bonchev–Trinajstić information content (AvgIpc) is 3.53. The van der Waals surface area contributed by atoms with Gasteiger partial charge in [0.25, 0.3) is 5.91 Å². The number of benzene rings is 2. The molecule has 2 amide bonds. The Balaban J connectivity index is 0.000000228. The molecule has 2 aromatic rings. The van der Waals surface area contributed by atoms with Crippen molar-refractivity contribution in [1.29, 1.82) is 0 Å². The standard InChI is InChI=1S/C29H38N4O9.C16H18N2O5S/c1-28(41)15-5-4-6-18(35)19(15)23(36)20-16(28)13-17-22(31(2)3)24(37)21(26(39)29(17,42)25(20)38)27(40)30-14-33-9-7-32(8-10-33)11-12-34;1-16(2)12(15(21)22)18-13(20)11(14(18)24-16)17-10(19)8-23-9-6-4-3-5-7-9/h4-6,16-17,22,30,34-36,40-42H,7-14H2,1-3H3;3-7,11-12,14H,8H2,1-2H3,(H,17,19)(H,21,22)/b27-21-;/t16-,17-,22-,28+,29-;11-,12+,14-/m01/s1. The Kier molecular flexibility index (Phi) is 13.4. The van der Waals surface area contributed by atoms with Gasteiger partial charge in [0.1, 0.15) is 40.3 Å². The molecule has 0 radical (unpaired) electrons. The van der Waals surface area contributed by atoms with Crippen molar-refractivity contribution in [3.05, 3.63) is 76.7 Å². The highest BCUT2D eigenvalue weighted by molar-refractivity contribution is 8.01. The largest absolute Gasteiger partial charge is 0.507 e. The van der Waals surface area contributed by atoms with E-state index in [9.17, 15) is 59.4 Å². The van der Waals surface area contributed by atoms with Crippen molar-refractivity contribution in [2.45, 2.75) is 66.6 Å². The van der Waals surface area contributed by atoms with Gasteiger partial charge >= 0.3 is 5.97 Å². The number of amides is 2. The number of para-hydroxylation sites is 1. The zero-order valence-electron chi connectivity index (χ0n) is 37.1. The first-order valence-electron chi connectivity index (χ1n) is 21.5. The summed E-state index contributed by atoms with van der Waals surface area (Å²) in [6.45, 7) is 8.04. The number of carbonyl (C=O) groups is 6. The van der Waals surface area contributed by atoms with E-state index in [1.54, 1.807) is 52.2 Å². The van der Waals surface area contributed by atoms with Gasteiger partial charge in [-0.25, -0.2) is 4.79 Å². The van der Waals surface area contributed by atoms with Gasteiger partial charge in [0, 0.05) is 54.9 Å². The number of β-lactam (4-membered cyclic amide) rings is 1. The number of nitrogens with zero attached hydrogens (tertiary/aromatic N) is 4. The minimum Gasteiger partial charge on any atom is -0.507 e. The number of Topliss-reactive ketones (excluding diaryl/α,β-unsaturated/α-hetero) is 3. The van der Waals surface area contributed by atoms with Crippen LogP contribution in [0.5, 0.6) is 11.5 Å². The fraction of sp³-hybridized carbons (Fsp3) is 0.511. The summed E-state index contributed by atoms with van der Waals surface area (Å²) in [5.41, 5.74) is -5.80. The molecule has 3 aliphatic carbocycles. The van der Waals surface area contributed by atoms with Gasteiger partial charge in [-0.15, -0.1) is 11.8 Å². The summed E-state index contributed by atoms with van der Waals surface area (Å²) >= 11 is 1.39. The van der Waals surface area contributed by atoms with E-state index in [4.69, 9.17) is 9.84 Å². The molecule has 2 aromatic carbocycles. The molecule has 20 nitrogen and oxygen atoms in total. The number of aliphatic carboxylic acids is 1. The first-order valence-corrected chi connectivity index (χ1v) is 22.4.